The van der Waals surface area contributed by atoms with Crippen molar-refractivity contribution >= 4 is 33.7 Å². The molecule has 0 saturated carbocycles. The van der Waals surface area contributed by atoms with Gasteiger partial charge in [-0.05, 0) is 55.1 Å². The molecule has 2 aromatic rings. The van der Waals surface area contributed by atoms with Crippen LogP contribution >= 0.6 is 11.8 Å². The zero-order valence-corrected chi connectivity index (χ0v) is 16.5. The maximum atomic E-state index is 12.0. The van der Waals surface area contributed by atoms with E-state index in [-0.39, 0.29) is 4.90 Å². The number of esters is 1. The third kappa shape index (κ3) is 6.09. The van der Waals surface area contributed by atoms with E-state index in [1.54, 1.807) is 55.1 Å². The van der Waals surface area contributed by atoms with Gasteiger partial charge in [-0.3, -0.25) is 4.79 Å². The van der Waals surface area contributed by atoms with Gasteiger partial charge in [-0.25, -0.2) is 18.4 Å². The highest BCUT2D eigenvalue weighted by Crippen LogP contribution is 2.16. The lowest BCUT2D eigenvalue weighted by Gasteiger charge is -2.15. The molecule has 0 fully saturated rings. The predicted molar refractivity (Wildman–Crippen MR) is 103 cm³/mol. The largest absolute Gasteiger partial charge is 0.452 e. The Kier molecular flexibility index (Phi) is 7.00. The molecule has 0 unspecified atom stereocenters. The Bertz CT molecular complexity index is 910. The van der Waals surface area contributed by atoms with E-state index in [4.69, 9.17) is 9.88 Å². The van der Waals surface area contributed by atoms with E-state index in [0.29, 0.717) is 11.1 Å². The number of nitrogens with two attached hydrogens (primary N) is 1. The number of primary sulfonamides is 1. The minimum atomic E-state index is -3.76. The van der Waals surface area contributed by atoms with Gasteiger partial charge in [-0.15, -0.1) is 11.8 Å². The Morgan fingerprint density at radius 2 is 1.70 bits per heavy atom. The van der Waals surface area contributed by atoms with E-state index >= 15 is 0 Å². The Morgan fingerprint density at radius 3 is 2.22 bits per heavy atom. The number of hydrogen-bond acceptors (Lipinski definition) is 6. The van der Waals surface area contributed by atoms with Crippen molar-refractivity contribution in [3.8, 4) is 0 Å². The summed E-state index contributed by atoms with van der Waals surface area (Å²) in [6, 6.07) is 12.3. The summed E-state index contributed by atoms with van der Waals surface area (Å²) in [5, 5.41) is 7.73. The monoisotopic (exact) mass is 408 g/mol. The second kappa shape index (κ2) is 9.03. The number of sulfonamides is 1. The molecule has 0 aliphatic carbocycles. The van der Waals surface area contributed by atoms with Crippen molar-refractivity contribution in [3.63, 3.8) is 0 Å². The smallest absolute Gasteiger partial charge is 0.338 e. The number of rotatable bonds is 7. The fourth-order valence-electron chi connectivity index (χ4n) is 2.25. The first-order valence-electron chi connectivity index (χ1n) is 7.94. The van der Waals surface area contributed by atoms with Crippen LogP contribution in [0, 0.1) is 0 Å². The fraction of sp³-hybridized carbons (Fsp3) is 0.222. The lowest BCUT2D eigenvalue weighted by atomic mass is 10.1. The summed E-state index contributed by atoms with van der Waals surface area (Å²) in [5.41, 5.74) is 1.06. The van der Waals surface area contributed by atoms with Crippen LogP contribution in [0.5, 0.6) is 0 Å². The van der Waals surface area contributed by atoms with Crippen LogP contribution in [0.4, 0.5) is 0 Å². The Hall–Kier alpha value is -2.36. The van der Waals surface area contributed by atoms with Gasteiger partial charge in [0.15, 0.2) is 6.61 Å². The Balaban J connectivity index is 1.88. The average Bonchev–Trinajstić information content (AvgIpc) is 2.65. The van der Waals surface area contributed by atoms with Crippen LogP contribution in [-0.4, -0.2) is 33.2 Å². The van der Waals surface area contributed by atoms with Crippen molar-refractivity contribution in [3.05, 3.63) is 59.7 Å². The molecule has 2 aromatic carbocycles. The number of ether oxygens (including phenoxy) is 1. The molecule has 0 heterocycles. The quantitative estimate of drug-likeness (QED) is 0.535. The maximum Gasteiger partial charge on any atom is 0.338 e. The molecule has 3 N–H and O–H groups in total. The van der Waals surface area contributed by atoms with Gasteiger partial charge >= 0.3 is 5.97 Å². The number of carbonyl (C=O) groups is 2. The van der Waals surface area contributed by atoms with Gasteiger partial charge < -0.3 is 10.1 Å². The number of hydrogen-bond donors (Lipinski definition) is 2. The SMILES string of the molecule is CSc1ccc(C(=O)OCC(=O)N[C@@H](C)c2ccc(S(N)(=O)=O)cc2)cc1. The lowest BCUT2D eigenvalue weighted by molar-refractivity contribution is -0.124. The summed E-state index contributed by atoms with van der Waals surface area (Å²) in [6.45, 7) is 1.32. The summed E-state index contributed by atoms with van der Waals surface area (Å²) in [5.74, 6) is -1.05. The van der Waals surface area contributed by atoms with Gasteiger partial charge in [-0.1, -0.05) is 12.1 Å². The van der Waals surface area contributed by atoms with Crippen LogP contribution in [0.15, 0.2) is 58.3 Å². The highest BCUT2D eigenvalue weighted by molar-refractivity contribution is 7.98. The first kappa shape index (κ1) is 20.9. The predicted octanol–water partition coefficient (Wildman–Crippen LogP) is 2.09. The summed E-state index contributed by atoms with van der Waals surface area (Å²) in [7, 11) is -3.76. The van der Waals surface area contributed by atoms with Gasteiger partial charge in [0.05, 0.1) is 16.5 Å². The first-order valence-corrected chi connectivity index (χ1v) is 10.7. The van der Waals surface area contributed by atoms with E-state index in [0.717, 1.165) is 4.90 Å². The lowest BCUT2D eigenvalue weighted by Crippen LogP contribution is -2.31. The average molecular weight is 409 g/mol. The summed E-state index contributed by atoms with van der Waals surface area (Å²) in [4.78, 5) is 25.0. The zero-order chi connectivity index (χ0) is 20.0. The van der Waals surface area contributed by atoms with E-state index in [2.05, 4.69) is 5.32 Å². The van der Waals surface area contributed by atoms with Crippen LogP contribution in [-0.2, 0) is 19.6 Å². The molecule has 1 amide bonds. The van der Waals surface area contributed by atoms with Gasteiger partial charge in [0.2, 0.25) is 10.0 Å². The molecule has 0 aliphatic heterocycles. The molecule has 0 spiro atoms. The molecule has 2 rings (SSSR count). The van der Waals surface area contributed by atoms with Crippen LogP contribution in [0.3, 0.4) is 0 Å². The van der Waals surface area contributed by atoms with E-state index in [9.17, 15) is 18.0 Å². The van der Waals surface area contributed by atoms with Crippen molar-refractivity contribution in [2.45, 2.75) is 22.8 Å². The number of amides is 1. The molecule has 9 heteroatoms. The van der Waals surface area contributed by atoms with E-state index in [1.807, 2.05) is 6.26 Å². The van der Waals surface area contributed by atoms with Crippen LogP contribution in [0.25, 0.3) is 0 Å². The van der Waals surface area contributed by atoms with Crippen molar-refractivity contribution < 1.29 is 22.7 Å². The van der Waals surface area contributed by atoms with Gasteiger partial charge in [0, 0.05) is 4.90 Å². The van der Waals surface area contributed by atoms with Crippen LogP contribution in [0.2, 0.25) is 0 Å². The number of carbonyl (C=O) groups excluding carboxylic acids is 2. The molecule has 0 saturated heterocycles. The molecule has 0 radical (unpaired) electrons. The van der Waals surface area contributed by atoms with Crippen molar-refractivity contribution in [2.24, 2.45) is 5.14 Å². The summed E-state index contributed by atoms with van der Waals surface area (Å²) < 4.78 is 27.5. The molecular formula is C18H20N2O5S2. The Labute approximate surface area is 162 Å². The van der Waals surface area contributed by atoms with Crippen molar-refractivity contribution in [1.29, 1.82) is 0 Å². The van der Waals surface area contributed by atoms with Crippen molar-refractivity contribution in [2.75, 3.05) is 12.9 Å². The number of benzene rings is 2. The molecular weight excluding hydrogens is 388 g/mol. The fourth-order valence-corrected chi connectivity index (χ4v) is 3.18. The van der Waals surface area contributed by atoms with E-state index < -0.39 is 34.5 Å². The molecule has 27 heavy (non-hydrogen) atoms. The molecule has 1 atom stereocenters. The zero-order valence-electron chi connectivity index (χ0n) is 14.8. The second-order valence-corrected chi connectivity index (χ2v) is 8.15. The maximum absolute atomic E-state index is 12.0. The molecule has 0 aliphatic rings. The molecule has 7 nitrogen and oxygen atoms in total. The van der Waals surface area contributed by atoms with Gasteiger partial charge in [0.1, 0.15) is 0 Å². The Morgan fingerprint density at radius 1 is 1.11 bits per heavy atom. The minimum absolute atomic E-state index is 0.00815. The highest BCUT2D eigenvalue weighted by atomic mass is 32.2. The second-order valence-electron chi connectivity index (χ2n) is 5.71. The minimum Gasteiger partial charge on any atom is -0.452 e. The normalized spacial score (nSPS) is 12.3. The van der Waals surface area contributed by atoms with Gasteiger partial charge in [0.25, 0.3) is 5.91 Å². The topological polar surface area (TPSA) is 116 Å². The third-order valence-electron chi connectivity index (χ3n) is 3.75. The van der Waals surface area contributed by atoms with Gasteiger partial charge in [-0.2, -0.15) is 0 Å². The van der Waals surface area contributed by atoms with Crippen molar-refractivity contribution in [1.82, 2.24) is 5.32 Å². The van der Waals surface area contributed by atoms with Crippen LogP contribution < -0.4 is 10.5 Å². The summed E-state index contributed by atoms with van der Waals surface area (Å²) >= 11 is 1.56. The molecule has 0 bridgehead atoms. The molecule has 144 valence electrons. The summed E-state index contributed by atoms with van der Waals surface area (Å²) in [6.07, 6.45) is 1.93. The molecule has 0 aromatic heterocycles. The highest BCUT2D eigenvalue weighted by Gasteiger charge is 2.14. The van der Waals surface area contributed by atoms with Crippen LogP contribution in [0.1, 0.15) is 28.9 Å². The van der Waals surface area contributed by atoms with E-state index in [1.165, 1.54) is 12.1 Å². The standard InChI is InChI=1S/C18H20N2O5S2/c1-12(13-5-9-16(10-6-13)27(19,23)24)20-17(21)11-25-18(22)14-3-7-15(26-2)8-4-14/h3-10,12H,11H2,1-2H3,(H,20,21)(H2,19,23,24)/t12-/m0/s1. The first-order chi connectivity index (χ1) is 12.7. The number of thioether (sulfide) groups is 1. The number of nitrogens with one attached hydrogen (secondary N) is 1. The third-order valence-corrected chi connectivity index (χ3v) is 5.42.